The Bertz CT molecular complexity index is 1220. The summed E-state index contributed by atoms with van der Waals surface area (Å²) in [6.07, 6.45) is -3.34. The van der Waals surface area contributed by atoms with E-state index in [2.05, 4.69) is 10.4 Å². The first kappa shape index (κ1) is 24.8. The molecule has 3 rings (SSSR count). The number of benzene rings is 2. The molecule has 2 aromatic carbocycles. The zero-order valence-corrected chi connectivity index (χ0v) is 18.7. The third-order valence-corrected chi connectivity index (χ3v) is 4.66. The monoisotopic (exact) mass is 493 g/mol. The van der Waals surface area contributed by atoms with E-state index in [0.717, 1.165) is 17.0 Å². The fourth-order valence-electron chi connectivity index (χ4n) is 2.95. The van der Waals surface area contributed by atoms with Crippen LogP contribution in [0.1, 0.15) is 16.1 Å². The van der Waals surface area contributed by atoms with Gasteiger partial charge in [-0.1, -0.05) is 17.7 Å². The van der Waals surface area contributed by atoms with Gasteiger partial charge in [-0.05, 0) is 36.4 Å². The first-order valence-electron chi connectivity index (χ1n) is 9.64. The van der Waals surface area contributed by atoms with E-state index in [4.69, 9.17) is 22.1 Å². The molecule has 0 fully saturated rings. The predicted molar refractivity (Wildman–Crippen MR) is 120 cm³/mol. The van der Waals surface area contributed by atoms with Crippen LogP contribution >= 0.6 is 11.6 Å². The van der Waals surface area contributed by atoms with Crippen LogP contribution in [0, 0.1) is 0 Å². The van der Waals surface area contributed by atoms with Gasteiger partial charge >= 0.3 is 12.2 Å². The number of ether oxygens (including phenoxy) is 1. The number of pyridine rings is 1. The van der Waals surface area contributed by atoms with Gasteiger partial charge in [0.15, 0.2) is 0 Å². The van der Waals surface area contributed by atoms with Gasteiger partial charge in [0.2, 0.25) is 0 Å². The van der Waals surface area contributed by atoms with Crippen LogP contribution in [-0.4, -0.2) is 36.0 Å². The highest BCUT2D eigenvalue weighted by atomic mass is 35.5. The molecule has 1 aromatic heterocycles. The Hall–Kier alpha value is -3.83. The number of hydrazine groups is 1. The van der Waals surface area contributed by atoms with Crippen molar-refractivity contribution in [3.8, 4) is 11.5 Å². The van der Waals surface area contributed by atoms with Gasteiger partial charge < -0.3 is 10.5 Å². The van der Waals surface area contributed by atoms with Crippen LogP contribution in [-0.2, 0) is 6.18 Å². The van der Waals surface area contributed by atoms with Crippen LogP contribution in [0.15, 0.2) is 60.8 Å². The first-order chi connectivity index (χ1) is 16.0. The number of carbonyl (C=O) groups excluding carboxylic acids is 2. The number of nitrogens with one attached hydrogen (secondary N) is 1. The predicted octanol–water partition coefficient (Wildman–Crippen LogP) is 4.97. The SMILES string of the molecule is CN(C)NC(=O)c1cc(Oc2cccc(N(C(N)=O)c3ccc(Cl)c(C(F)(F)F)c3)c2)ccn1. The van der Waals surface area contributed by atoms with Crippen molar-refractivity contribution in [3.63, 3.8) is 0 Å². The topological polar surface area (TPSA) is 101 Å². The summed E-state index contributed by atoms with van der Waals surface area (Å²) in [7, 11) is 3.29. The Morgan fingerprint density at radius 3 is 2.35 bits per heavy atom. The summed E-state index contributed by atoms with van der Waals surface area (Å²) in [5.74, 6) is 0.0544. The lowest BCUT2D eigenvalue weighted by atomic mass is 10.1. The van der Waals surface area contributed by atoms with Gasteiger partial charge in [-0.3, -0.25) is 20.1 Å². The fraction of sp³-hybridized carbons (Fsp3) is 0.136. The van der Waals surface area contributed by atoms with E-state index in [1.807, 2.05) is 0 Å². The molecule has 1 heterocycles. The Labute approximate surface area is 197 Å². The molecule has 0 aliphatic carbocycles. The maximum Gasteiger partial charge on any atom is 0.417 e. The molecule has 0 saturated carbocycles. The molecule has 0 aliphatic rings. The summed E-state index contributed by atoms with van der Waals surface area (Å²) in [6, 6.07) is 10.9. The highest BCUT2D eigenvalue weighted by Crippen LogP contribution is 2.39. The molecule has 0 aliphatic heterocycles. The molecule has 34 heavy (non-hydrogen) atoms. The first-order valence-corrected chi connectivity index (χ1v) is 10.0. The number of amides is 3. The number of primary amides is 1. The maximum absolute atomic E-state index is 13.3. The van der Waals surface area contributed by atoms with E-state index in [9.17, 15) is 22.8 Å². The summed E-state index contributed by atoms with van der Waals surface area (Å²) in [5.41, 5.74) is 7.04. The van der Waals surface area contributed by atoms with Gasteiger partial charge in [0.1, 0.15) is 17.2 Å². The quantitative estimate of drug-likeness (QED) is 0.472. The number of aromatic nitrogens is 1. The van der Waals surface area contributed by atoms with Crippen molar-refractivity contribution in [3.05, 3.63) is 77.1 Å². The number of hydrogen-bond acceptors (Lipinski definition) is 5. The highest BCUT2D eigenvalue weighted by molar-refractivity contribution is 6.31. The van der Waals surface area contributed by atoms with Gasteiger partial charge in [-0.2, -0.15) is 13.2 Å². The van der Waals surface area contributed by atoms with Crippen LogP contribution in [0.5, 0.6) is 11.5 Å². The molecule has 0 spiro atoms. The van der Waals surface area contributed by atoms with Crippen molar-refractivity contribution >= 4 is 34.9 Å². The molecule has 3 amide bonds. The van der Waals surface area contributed by atoms with E-state index in [1.54, 1.807) is 20.2 Å². The van der Waals surface area contributed by atoms with E-state index in [1.165, 1.54) is 47.6 Å². The van der Waals surface area contributed by atoms with Crippen LogP contribution in [0.3, 0.4) is 0 Å². The Morgan fingerprint density at radius 2 is 1.71 bits per heavy atom. The van der Waals surface area contributed by atoms with Gasteiger partial charge in [0, 0.05) is 32.4 Å². The summed E-state index contributed by atoms with van der Waals surface area (Å²) in [6.45, 7) is 0. The average Bonchev–Trinajstić information content (AvgIpc) is 2.74. The molecule has 3 N–H and O–H groups in total. The van der Waals surface area contributed by atoms with Gasteiger partial charge in [-0.25, -0.2) is 9.80 Å². The van der Waals surface area contributed by atoms with Gasteiger partial charge in [-0.15, -0.1) is 0 Å². The second-order valence-electron chi connectivity index (χ2n) is 7.15. The Morgan fingerprint density at radius 1 is 1.03 bits per heavy atom. The maximum atomic E-state index is 13.3. The largest absolute Gasteiger partial charge is 0.457 e. The van der Waals surface area contributed by atoms with Crippen molar-refractivity contribution in [2.75, 3.05) is 19.0 Å². The molecule has 178 valence electrons. The standard InChI is InChI=1S/C22H19ClF3N5O3/c1-30(2)29-20(32)19-12-16(8-9-28-19)34-15-5-3-4-13(10-15)31(21(27)33)14-6-7-18(23)17(11-14)22(24,25)26/h3-12H,1-2H3,(H2,27,33)(H,29,32). The third-order valence-electron chi connectivity index (χ3n) is 4.33. The second-order valence-corrected chi connectivity index (χ2v) is 7.55. The lowest BCUT2D eigenvalue weighted by Gasteiger charge is -2.22. The number of nitrogens with two attached hydrogens (primary N) is 1. The van der Waals surface area contributed by atoms with E-state index in [-0.39, 0.29) is 28.6 Å². The number of hydrogen-bond donors (Lipinski definition) is 2. The Balaban J connectivity index is 1.92. The van der Waals surface area contributed by atoms with E-state index in [0.29, 0.717) is 0 Å². The summed E-state index contributed by atoms with van der Waals surface area (Å²) in [5, 5.41) is 0.949. The highest BCUT2D eigenvalue weighted by Gasteiger charge is 2.34. The number of urea groups is 1. The number of rotatable bonds is 6. The van der Waals surface area contributed by atoms with Gasteiger partial charge in [0.05, 0.1) is 22.0 Å². The van der Waals surface area contributed by atoms with Crippen molar-refractivity contribution < 1.29 is 27.5 Å². The molecular formula is C22H19ClF3N5O3. The smallest absolute Gasteiger partial charge is 0.417 e. The lowest BCUT2D eigenvalue weighted by molar-refractivity contribution is -0.137. The zero-order chi connectivity index (χ0) is 25.0. The normalized spacial score (nSPS) is 11.3. The van der Waals surface area contributed by atoms with E-state index >= 15 is 0 Å². The number of anilines is 2. The van der Waals surface area contributed by atoms with E-state index < -0.39 is 28.7 Å². The van der Waals surface area contributed by atoms with Crippen LogP contribution in [0.4, 0.5) is 29.3 Å². The fourth-order valence-corrected chi connectivity index (χ4v) is 3.18. The molecule has 0 unspecified atom stereocenters. The number of nitrogens with zero attached hydrogens (tertiary/aromatic N) is 3. The minimum Gasteiger partial charge on any atom is -0.457 e. The van der Waals surface area contributed by atoms with Crippen molar-refractivity contribution in [1.29, 1.82) is 0 Å². The number of carbonyl (C=O) groups is 2. The summed E-state index contributed by atoms with van der Waals surface area (Å²) >= 11 is 5.68. The molecule has 8 nitrogen and oxygen atoms in total. The van der Waals surface area contributed by atoms with Crippen molar-refractivity contribution in [1.82, 2.24) is 15.4 Å². The number of alkyl halides is 3. The van der Waals surface area contributed by atoms with Gasteiger partial charge in [0.25, 0.3) is 5.91 Å². The summed E-state index contributed by atoms with van der Waals surface area (Å²) in [4.78, 5) is 29.2. The molecular weight excluding hydrogens is 475 g/mol. The van der Waals surface area contributed by atoms with Crippen molar-refractivity contribution in [2.24, 2.45) is 5.73 Å². The minimum atomic E-state index is -4.72. The second kappa shape index (κ2) is 9.98. The zero-order valence-electron chi connectivity index (χ0n) is 17.9. The molecule has 12 heteroatoms. The van der Waals surface area contributed by atoms with Crippen molar-refractivity contribution in [2.45, 2.75) is 6.18 Å². The summed E-state index contributed by atoms with van der Waals surface area (Å²) < 4.78 is 45.6. The average molecular weight is 494 g/mol. The molecule has 3 aromatic rings. The molecule has 0 bridgehead atoms. The number of halogens is 4. The third kappa shape index (κ3) is 5.94. The lowest BCUT2D eigenvalue weighted by Crippen LogP contribution is -2.36. The molecule has 0 saturated heterocycles. The minimum absolute atomic E-state index is 0.0990. The Kier molecular flexibility index (Phi) is 7.28. The van der Waals surface area contributed by atoms with Crippen LogP contribution in [0.25, 0.3) is 0 Å². The van der Waals surface area contributed by atoms with Crippen LogP contribution < -0.4 is 20.8 Å². The molecule has 0 radical (unpaired) electrons. The molecule has 0 atom stereocenters. The van der Waals surface area contributed by atoms with Crippen LogP contribution in [0.2, 0.25) is 5.02 Å².